The molecule has 2 aromatic heterocycles. The van der Waals surface area contributed by atoms with Crippen molar-refractivity contribution in [1.29, 1.82) is 0 Å². The molecule has 29 heavy (non-hydrogen) atoms. The van der Waals surface area contributed by atoms with Crippen molar-refractivity contribution >= 4 is 40.1 Å². The number of amides is 1. The molecule has 2 aliphatic rings. The van der Waals surface area contributed by atoms with Gasteiger partial charge in [-0.15, -0.1) is 0 Å². The highest BCUT2D eigenvalue weighted by atomic mass is 16.2. The van der Waals surface area contributed by atoms with E-state index in [2.05, 4.69) is 42.6 Å². The molecule has 3 N–H and O–H groups in total. The Morgan fingerprint density at radius 3 is 2.52 bits per heavy atom. The summed E-state index contributed by atoms with van der Waals surface area (Å²) in [5, 5.41) is 7.82. The van der Waals surface area contributed by atoms with Crippen molar-refractivity contribution in [3.8, 4) is 0 Å². The van der Waals surface area contributed by atoms with Gasteiger partial charge < -0.3 is 25.4 Å². The smallest absolute Gasteiger partial charge is 0.231 e. The van der Waals surface area contributed by atoms with Gasteiger partial charge in [-0.3, -0.25) is 4.79 Å². The number of piperazine rings is 1. The van der Waals surface area contributed by atoms with Crippen molar-refractivity contribution in [3.05, 3.63) is 36.5 Å². The van der Waals surface area contributed by atoms with Crippen LogP contribution in [0.2, 0.25) is 0 Å². The fraction of sp³-hybridized carbons (Fsp3) is 0.381. The highest BCUT2D eigenvalue weighted by molar-refractivity contribution is 5.88. The highest BCUT2D eigenvalue weighted by Crippen LogP contribution is 2.29. The molecule has 0 spiro atoms. The molecule has 0 bridgehead atoms. The second-order valence-corrected chi connectivity index (χ2v) is 7.72. The van der Waals surface area contributed by atoms with Crippen LogP contribution in [0.3, 0.4) is 0 Å². The van der Waals surface area contributed by atoms with Crippen LogP contribution in [0.4, 0.5) is 23.1 Å². The minimum absolute atomic E-state index is 0.152. The van der Waals surface area contributed by atoms with Crippen LogP contribution in [0.5, 0.6) is 0 Å². The number of carbonyl (C=O) groups excluding carboxylic acids is 1. The Hall–Kier alpha value is -3.29. The fourth-order valence-corrected chi connectivity index (χ4v) is 3.69. The first-order chi connectivity index (χ1) is 14.2. The number of aromatic amines is 1. The molecule has 0 unspecified atom stereocenters. The molecule has 1 aliphatic carbocycles. The third-order valence-electron chi connectivity index (χ3n) is 5.55. The third-order valence-corrected chi connectivity index (χ3v) is 5.55. The van der Waals surface area contributed by atoms with E-state index in [4.69, 9.17) is 0 Å². The Labute approximate surface area is 169 Å². The number of aromatic nitrogens is 3. The van der Waals surface area contributed by atoms with Gasteiger partial charge in [0.05, 0.1) is 5.39 Å². The molecule has 2 fully saturated rings. The number of H-pyrrole nitrogens is 1. The topological polar surface area (TPSA) is 89.2 Å². The number of carbonyl (C=O) groups is 1. The standard InChI is InChI=1S/C21H25N7O/c1-14(29)27-10-12-28(13-11-27)17-6-4-16(5-7-17)24-21-25-19-18(8-9-22-19)20(26-21)23-15-2-3-15/h4-9,15H,2-3,10-13H2,1H3,(H3,22,23,24,25,26). The lowest BCUT2D eigenvalue weighted by Crippen LogP contribution is -2.48. The lowest BCUT2D eigenvalue weighted by atomic mass is 10.2. The van der Waals surface area contributed by atoms with Crippen LogP contribution in [0, 0.1) is 0 Å². The van der Waals surface area contributed by atoms with E-state index < -0.39 is 0 Å². The van der Waals surface area contributed by atoms with Crippen LogP contribution in [0.15, 0.2) is 36.5 Å². The fourth-order valence-electron chi connectivity index (χ4n) is 3.69. The zero-order valence-corrected chi connectivity index (χ0v) is 16.5. The van der Waals surface area contributed by atoms with Crippen LogP contribution in [-0.4, -0.2) is 58.0 Å². The Morgan fingerprint density at radius 1 is 1.07 bits per heavy atom. The summed E-state index contributed by atoms with van der Waals surface area (Å²) < 4.78 is 0. The summed E-state index contributed by atoms with van der Waals surface area (Å²) in [4.78, 5) is 28.1. The largest absolute Gasteiger partial charge is 0.368 e. The van der Waals surface area contributed by atoms with E-state index in [0.717, 1.165) is 54.4 Å². The van der Waals surface area contributed by atoms with Crippen LogP contribution in [0.1, 0.15) is 19.8 Å². The van der Waals surface area contributed by atoms with E-state index in [-0.39, 0.29) is 5.91 Å². The summed E-state index contributed by atoms with van der Waals surface area (Å²) in [5.41, 5.74) is 2.93. The maximum atomic E-state index is 11.5. The highest BCUT2D eigenvalue weighted by Gasteiger charge is 2.23. The number of nitrogens with one attached hydrogen (secondary N) is 3. The molecule has 8 nitrogen and oxygen atoms in total. The van der Waals surface area contributed by atoms with Crippen molar-refractivity contribution in [2.45, 2.75) is 25.8 Å². The maximum Gasteiger partial charge on any atom is 0.231 e. The Morgan fingerprint density at radius 2 is 1.83 bits per heavy atom. The Kier molecular flexibility index (Phi) is 4.46. The summed E-state index contributed by atoms with van der Waals surface area (Å²) in [6.45, 7) is 4.89. The van der Waals surface area contributed by atoms with E-state index in [9.17, 15) is 4.79 Å². The van der Waals surface area contributed by atoms with E-state index in [1.165, 1.54) is 12.8 Å². The third kappa shape index (κ3) is 3.83. The van der Waals surface area contributed by atoms with Gasteiger partial charge in [-0.2, -0.15) is 9.97 Å². The summed E-state index contributed by atoms with van der Waals surface area (Å²) in [6, 6.07) is 10.8. The van der Waals surface area contributed by atoms with Gasteiger partial charge in [-0.05, 0) is 43.2 Å². The number of fused-ring (bicyclic) bond motifs is 1. The van der Waals surface area contributed by atoms with Crippen molar-refractivity contribution in [1.82, 2.24) is 19.9 Å². The molecule has 1 aliphatic heterocycles. The molecule has 5 rings (SSSR count). The number of rotatable bonds is 5. The first-order valence-corrected chi connectivity index (χ1v) is 10.1. The average Bonchev–Trinajstić information content (AvgIpc) is 3.42. The summed E-state index contributed by atoms with van der Waals surface area (Å²) >= 11 is 0. The van der Waals surface area contributed by atoms with Gasteiger partial charge >= 0.3 is 0 Å². The number of anilines is 4. The Bertz CT molecular complexity index is 1020. The van der Waals surface area contributed by atoms with Gasteiger partial charge in [-0.1, -0.05) is 0 Å². The second-order valence-electron chi connectivity index (χ2n) is 7.72. The van der Waals surface area contributed by atoms with Gasteiger partial charge in [0, 0.05) is 56.7 Å². The molecule has 1 saturated heterocycles. The first kappa shape index (κ1) is 17.8. The van der Waals surface area contributed by atoms with E-state index >= 15 is 0 Å². The summed E-state index contributed by atoms with van der Waals surface area (Å²) in [6.07, 6.45) is 4.28. The predicted molar refractivity (Wildman–Crippen MR) is 115 cm³/mol. The summed E-state index contributed by atoms with van der Waals surface area (Å²) in [7, 11) is 0. The molecule has 150 valence electrons. The van der Waals surface area contributed by atoms with Gasteiger partial charge in [0.25, 0.3) is 0 Å². The zero-order valence-electron chi connectivity index (χ0n) is 16.5. The summed E-state index contributed by atoms with van der Waals surface area (Å²) in [5.74, 6) is 1.60. The molecule has 0 atom stereocenters. The molecule has 0 radical (unpaired) electrons. The van der Waals surface area contributed by atoms with E-state index in [0.29, 0.717) is 12.0 Å². The van der Waals surface area contributed by atoms with Crippen LogP contribution in [0.25, 0.3) is 11.0 Å². The minimum atomic E-state index is 0.152. The molecule has 3 heterocycles. The van der Waals surface area contributed by atoms with E-state index in [1.807, 2.05) is 29.3 Å². The second kappa shape index (κ2) is 7.27. The number of benzene rings is 1. The average molecular weight is 391 g/mol. The molecular weight excluding hydrogens is 366 g/mol. The maximum absolute atomic E-state index is 11.5. The molecule has 1 aromatic carbocycles. The van der Waals surface area contributed by atoms with Crippen molar-refractivity contribution in [2.24, 2.45) is 0 Å². The number of hydrogen-bond donors (Lipinski definition) is 3. The monoisotopic (exact) mass is 391 g/mol. The van der Waals surface area contributed by atoms with Crippen LogP contribution in [-0.2, 0) is 4.79 Å². The normalized spacial score (nSPS) is 16.9. The van der Waals surface area contributed by atoms with Crippen molar-refractivity contribution in [3.63, 3.8) is 0 Å². The number of nitrogens with zero attached hydrogens (tertiary/aromatic N) is 4. The SMILES string of the molecule is CC(=O)N1CCN(c2ccc(Nc3nc(NC4CC4)c4cc[nH]c4n3)cc2)CC1. The van der Waals surface area contributed by atoms with Crippen molar-refractivity contribution in [2.75, 3.05) is 41.7 Å². The molecule has 3 aromatic rings. The predicted octanol–water partition coefficient (Wildman–Crippen LogP) is 2.94. The van der Waals surface area contributed by atoms with Crippen LogP contribution < -0.4 is 15.5 Å². The molecular formula is C21H25N7O. The first-order valence-electron chi connectivity index (χ1n) is 10.1. The van der Waals surface area contributed by atoms with Crippen molar-refractivity contribution < 1.29 is 4.79 Å². The molecule has 8 heteroatoms. The van der Waals surface area contributed by atoms with Gasteiger partial charge in [-0.25, -0.2) is 0 Å². The van der Waals surface area contributed by atoms with Gasteiger partial charge in [0.15, 0.2) is 0 Å². The molecule has 1 saturated carbocycles. The quantitative estimate of drug-likeness (QED) is 0.620. The lowest BCUT2D eigenvalue weighted by molar-refractivity contribution is -0.129. The van der Waals surface area contributed by atoms with Gasteiger partial charge in [0.1, 0.15) is 11.5 Å². The lowest BCUT2D eigenvalue weighted by Gasteiger charge is -2.35. The number of hydrogen-bond acceptors (Lipinski definition) is 6. The van der Waals surface area contributed by atoms with E-state index in [1.54, 1.807) is 6.92 Å². The van der Waals surface area contributed by atoms with Gasteiger partial charge in [0.2, 0.25) is 11.9 Å². The Balaban J connectivity index is 1.29. The zero-order chi connectivity index (χ0) is 19.8. The minimum Gasteiger partial charge on any atom is -0.368 e. The van der Waals surface area contributed by atoms with Crippen LogP contribution >= 0.6 is 0 Å². The molecule has 1 amide bonds.